The number of nitrogens with zero attached hydrogens (tertiary/aromatic N) is 2. The summed E-state index contributed by atoms with van der Waals surface area (Å²) in [6.07, 6.45) is 1.60. The van der Waals surface area contributed by atoms with E-state index in [0.717, 1.165) is 22.5 Å². The third-order valence-corrected chi connectivity index (χ3v) is 4.00. The molecule has 0 saturated carbocycles. The molecule has 1 amide bonds. The molecule has 126 valence electrons. The highest BCUT2D eigenvalue weighted by atomic mass is 32.1. The zero-order valence-electron chi connectivity index (χ0n) is 13.4. The lowest BCUT2D eigenvalue weighted by atomic mass is 10.1. The van der Waals surface area contributed by atoms with Crippen LogP contribution in [-0.4, -0.2) is 17.1 Å². The summed E-state index contributed by atoms with van der Waals surface area (Å²) in [5.41, 5.74) is 6.16. The van der Waals surface area contributed by atoms with Gasteiger partial charge in [0.15, 0.2) is 0 Å². The Labute approximate surface area is 148 Å². The summed E-state index contributed by atoms with van der Waals surface area (Å²) in [7, 11) is 0. The normalized spacial score (nSPS) is 10.8. The van der Waals surface area contributed by atoms with Crippen molar-refractivity contribution in [1.82, 2.24) is 4.98 Å². The quantitative estimate of drug-likeness (QED) is 0.529. The number of hydrogen-bond donors (Lipinski definition) is 2. The molecule has 3 aromatic rings. The van der Waals surface area contributed by atoms with Crippen molar-refractivity contribution < 1.29 is 9.18 Å². The standard InChI is InChI=1S/C18H15FN4OS/c1-12(24)21-16-8-4-14(5-9-16)17-11-25-18(22-17)23-20-10-13-2-6-15(19)7-3-13/h2-11H,1H3,(H,21,24)(H,22,23)/b20-10-. The first-order chi connectivity index (χ1) is 12.1. The van der Waals surface area contributed by atoms with Gasteiger partial charge in [0.1, 0.15) is 5.82 Å². The van der Waals surface area contributed by atoms with Crippen molar-refractivity contribution in [3.05, 3.63) is 65.3 Å². The smallest absolute Gasteiger partial charge is 0.221 e. The van der Waals surface area contributed by atoms with Crippen molar-refractivity contribution in [3.63, 3.8) is 0 Å². The van der Waals surface area contributed by atoms with E-state index in [-0.39, 0.29) is 11.7 Å². The molecule has 7 heteroatoms. The van der Waals surface area contributed by atoms with Crippen LogP contribution in [0.2, 0.25) is 0 Å². The average Bonchev–Trinajstić information content (AvgIpc) is 3.06. The number of nitrogens with one attached hydrogen (secondary N) is 2. The molecule has 1 heterocycles. The second-order valence-corrected chi connectivity index (χ2v) is 6.08. The molecule has 0 aliphatic heterocycles. The number of thiazole rings is 1. The molecule has 0 radical (unpaired) electrons. The number of rotatable bonds is 5. The summed E-state index contributed by atoms with van der Waals surface area (Å²) in [5.74, 6) is -0.383. The van der Waals surface area contributed by atoms with Gasteiger partial charge >= 0.3 is 0 Å². The van der Waals surface area contributed by atoms with Crippen LogP contribution in [0.15, 0.2) is 59.0 Å². The Hall–Kier alpha value is -3.06. The lowest BCUT2D eigenvalue weighted by Crippen LogP contribution is -2.05. The van der Waals surface area contributed by atoms with Crippen molar-refractivity contribution in [2.24, 2.45) is 5.10 Å². The SMILES string of the molecule is CC(=O)Nc1ccc(-c2csc(N/N=C\c3ccc(F)cc3)n2)cc1. The van der Waals surface area contributed by atoms with Crippen molar-refractivity contribution in [1.29, 1.82) is 0 Å². The molecule has 0 bridgehead atoms. The summed E-state index contributed by atoms with van der Waals surface area (Å²) in [4.78, 5) is 15.5. The van der Waals surface area contributed by atoms with E-state index in [9.17, 15) is 9.18 Å². The molecule has 0 fully saturated rings. The summed E-state index contributed by atoms with van der Waals surface area (Å²) in [5, 5.41) is 9.39. The van der Waals surface area contributed by atoms with Gasteiger partial charge in [0.05, 0.1) is 11.9 Å². The number of anilines is 2. The minimum Gasteiger partial charge on any atom is -0.326 e. The zero-order chi connectivity index (χ0) is 17.6. The Morgan fingerprint density at radius 2 is 1.88 bits per heavy atom. The van der Waals surface area contributed by atoms with E-state index in [4.69, 9.17) is 0 Å². The molecule has 5 nitrogen and oxygen atoms in total. The average molecular weight is 354 g/mol. The lowest BCUT2D eigenvalue weighted by Gasteiger charge is -2.02. The predicted molar refractivity (Wildman–Crippen MR) is 99.5 cm³/mol. The maximum Gasteiger partial charge on any atom is 0.221 e. The first-order valence-corrected chi connectivity index (χ1v) is 8.36. The van der Waals surface area contributed by atoms with Crippen LogP contribution in [0.4, 0.5) is 15.2 Å². The van der Waals surface area contributed by atoms with E-state index >= 15 is 0 Å². The van der Waals surface area contributed by atoms with Crippen LogP contribution in [-0.2, 0) is 4.79 Å². The van der Waals surface area contributed by atoms with Crippen LogP contribution < -0.4 is 10.7 Å². The molecule has 0 unspecified atom stereocenters. The Morgan fingerprint density at radius 1 is 1.16 bits per heavy atom. The molecule has 2 N–H and O–H groups in total. The largest absolute Gasteiger partial charge is 0.326 e. The van der Waals surface area contributed by atoms with Gasteiger partial charge in [0, 0.05) is 23.6 Å². The Morgan fingerprint density at radius 3 is 2.56 bits per heavy atom. The molecule has 1 aromatic heterocycles. The van der Waals surface area contributed by atoms with Crippen molar-refractivity contribution in [2.45, 2.75) is 6.92 Å². The lowest BCUT2D eigenvalue weighted by molar-refractivity contribution is -0.114. The topological polar surface area (TPSA) is 66.4 Å². The fourth-order valence-corrected chi connectivity index (χ4v) is 2.76. The van der Waals surface area contributed by atoms with E-state index < -0.39 is 0 Å². The summed E-state index contributed by atoms with van der Waals surface area (Å²) >= 11 is 1.43. The third-order valence-electron chi connectivity index (χ3n) is 3.25. The molecule has 2 aromatic carbocycles. The van der Waals surface area contributed by atoms with Gasteiger partial charge < -0.3 is 5.32 Å². The minimum absolute atomic E-state index is 0.105. The highest BCUT2D eigenvalue weighted by Crippen LogP contribution is 2.26. The Balaban J connectivity index is 1.63. The number of aromatic nitrogens is 1. The van der Waals surface area contributed by atoms with Gasteiger partial charge in [-0.1, -0.05) is 24.3 Å². The monoisotopic (exact) mass is 354 g/mol. The maximum absolute atomic E-state index is 12.8. The maximum atomic E-state index is 12.8. The number of hydrogen-bond acceptors (Lipinski definition) is 5. The first-order valence-electron chi connectivity index (χ1n) is 7.48. The molecule has 3 rings (SSSR count). The molecule has 25 heavy (non-hydrogen) atoms. The molecule has 0 saturated heterocycles. The molecule has 0 spiro atoms. The van der Waals surface area contributed by atoms with Gasteiger partial charge in [0.25, 0.3) is 0 Å². The zero-order valence-corrected chi connectivity index (χ0v) is 14.2. The fraction of sp³-hybridized carbons (Fsp3) is 0.0556. The number of carbonyl (C=O) groups is 1. The van der Waals surface area contributed by atoms with Gasteiger partial charge in [-0.15, -0.1) is 11.3 Å². The van der Waals surface area contributed by atoms with Gasteiger partial charge in [-0.3, -0.25) is 10.2 Å². The van der Waals surface area contributed by atoms with E-state index in [0.29, 0.717) is 5.13 Å². The highest BCUT2D eigenvalue weighted by molar-refractivity contribution is 7.14. The van der Waals surface area contributed by atoms with Crippen LogP contribution in [0.25, 0.3) is 11.3 Å². The van der Waals surface area contributed by atoms with E-state index in [1.54, 1.807) is 18.3 Å². The molecular weight excluding hydrogens is 339 g/mol. The van der Waals surface area contributed by atoms with E-state index in [1.807, 2.05) is 29.6 Å². The van der Waals surface area contributed by atoms with Gasteiger partial charge in [-0.05, 0) is 29.8 Å². The van der Waals surface area contributed by atoms with E-state index in [2.05, 4.69) is 20.8 Å². The van der Waals surface area contributed by atoms with Crippen LogP contribution in [0.3, 0.4) is 0 Å². The van der Waals surface area contributed by atoms with Crippen molar-refractivity contribution in [3.8, 4) is 11.3 Å². The number of benzene rings is 2. The first kappa shape index (κ1) is 16.8. The number of hydrazone groups is 1. The van der Waals surface area contributed by atoms with Crippen molar-refractivity contribution in [2.75, 3.05) is 10.7 Å². The molecule has 0 atom stereocenters. The molecular formula is C18H15FN4OS. The summed E-state index contributed by atoms with van der Waals surface area (Å²) in [6, 6.07) is 13.5. The second kappa shape index (κ2) is 7.67. The number of carbonyl (C=O) groups excluding carboxylic acids is 1. The van der Waals surface area contributed by atoms with Crippen LogP contribution in [0.5, 0.6) is 0 Å². The van der Waals surface area contributed by atoms with Gasteiger partial charge in [-0.2, -0.15) is 5.10 Å². The van der Waals surface area contributed by atoms with E-state index in [1.165, 1.54) is 30.4 Å². The summed E-state index contributed by atoms with van der Waals surface area (Å²) < 4.78 is 12.8. The number of amides is 1. The predicted octanol–water partition coefficient (Wildman–Crippen LogP) is 4.35. The second-order valence-electron chi connectivity index (χ2n) is 5.22. The molecule has 0 aliphatic carbocycles. The minimum atomic E-state index is -0.279. The van der Waals surface area contributed by atoms with Gasteiger partial charge in [0.2, 0.25) is 11.0 Å². The number of halogens is 1. The Kier molecular flexibility index (Phi) is 5.15. The summed E-state index contributed by atoms with van der Waals surface area (Å²) in [6.45, 7) is 1.47. The van der Waals surface area contributed by atoms with Crippen LogP contribution >= 0.6 is 11.3 Å². The van der Waals surface area contributed by atoms with Crippen LogP contribution in [0.1, 0.15) is 12.5 Å². The van der Waals surface area contributed by atoms with Crippen LogP contribution in [0, 0.1) is 5.82 Å². The fourth-order valence-electron chi connectivity index (χ4n) is 2.10. The van der Waals surface area contributed by atoms with Crippen molar-refractivity contribution >= 4 is 34.3 Å². The Bertz CT molecular complexity index is 888. The molecule has 0 aliphatic rings. The highest BCUT2D eigenvalue weighted by Gasteiger charge is 2.04. The van der Waals surface area contributed by atoms with Gasteiger partial charge in [-0.25, -0.2) is 9.37 Å². The third kappa shape index (κ3) is 4.71.